The highest BCUT2D eigenvalue weighted by Crippen LogP contribution is 2.20. The van der Waals surface area contributed by atoms with Gasteiger partial charge in [0.15, 0.2) is 0 Å². The summed E-state index contributed by atoms with van der Waals surface area (Å²) in [7, 11) is 0. The summed E-state index contributed by atoms with van der Waals surface area (Å²) < 4.78 is 0. The van der Waals surface area contributed by atoms with Crippen molar-refractivity contribution in [1.82, 2.24) is 15.5 Å². The lowest BCUT2D eigenvalue weighted by Gasteiger charge is -2.39. The molecule has 1 heterocycles. The fourth-order valence-corrected chi connectivity index (χ4v) is 2.78. The van der Waals surface area contributed by atoms with Gasteiger partial charge in [-0.15, -0.1) is 0 Å². The van der Waals surface area contributed by atoms with Gasteiger partial charge in [-0.2, -0.15) is 0 Å². The van der Waals surface area contributed by atoms with E-state index in [2.05, 4.69) is 24.5 Å². The summed E-state index contributed by atoms with van der Waals surface area (Å²) >= 11 is 0. The van der Waals surface area contributed by atoms with Gasteiger partial charge in [-0.3, -0.25) is 0 Å². The predicted octanol–water partition coefficient (Wildman–Crippen LogP) is 1.96. The van der Waals surface area contributed by atoms with Gasteiger partial charge in [0.25, 0.3) is 0 Å². The monoisotopic (exact) mass is 253 g/mol. The fourth-order valence-electron chi connectivity index (χ4n) is 2.78. The summed E-state index contributed by atoms with van der Waals surface area (Å²) in [5.74, 6) is 0.553. The number of piperidine rings is 1. The van der Waals surface area contributed by atoms with E-state index in [4.69, 9.17) is 0 Å². The Bertz CT molecular complexity index is 278. The van der Waals surface area contributed by atoms with Gasteiger partial charge in [-0.1, -0.05) is 13.8 Å². The molecule has 1 saturated heterocycles. The molecule has 2 rings (SSSR count). The van der Waals surface area contributed by atoms with Crippen molar-refractivity contribution in [2.75, 3.05) is 19.6 Å². The lowest BCUT2D eigenvalue weighted by atomic mass is 9.92. The van der Waals surface area contributed by atoms with Crippen LogP contribution in [0.3, 0.4) is 0 Å². The second-order valence-corrected chi connectivity index (χ2v) is 5.85. The first-order valence-electron chi connectivity index (χ1n) is 7.49. The van der Waals surface area contributed by atoms with Crippen LogP contribution in [0.2, 0.25) is 0 Å². The van der Waals surface area contributed by atoms with Crippen LogP contribution in [0, 0.1) is 5.92 Å². The smallest absolute Gasteiger partial charge is 0.317 e. The second-order valence-electron chi connectivity index (χ2n) is 5.85. The van der Waals surface area contributed by atoms with E-state index in [0.29, 0.717) is 18.0 Å². The number of carbonyl (C=O) groups excluding carboxylic acids is 1. The number of carbonyl (C=O) groups is 1. The highest BCUT2D eigenvalue weighted by atomic mass is 16.2. The molecular formula is C14H27N3O. The molecule has 2 unspecified atom stereocenters. The summed E-state index contributed by atoms with van der Waals surface area (Å²) in [4.78, 5) is 14.1. The molecule has 104 valence electrons. The summed E-state index contributed by atoms with van der Waals surface area (Å²) in [6, 6.07) is 1.18. The van der Waals surface area contributed by atoms with E-state index >= 15 is 0 Å². The van der Waals surface area contributed by atoms with Crippen molar-refractivity contribution in [3.63, 3.8) is 0 Å². The molecule has 4 heteroatoms. The molecule has 0 aromatic heterocycles. The Labute approximate surface area is 110 Å². The van der Waals surface area contributed by atoms with Gasteiger partial charge in [0.1, 0.15) is 0 Å². The van der Waals surface area contributed by atoms with E-state index in [1.165, 1.54) is 12.8 Å². The zero-order valence-corrected chi connectivity index (χ0v) is 11.7. The number of urea groups is 1. The largest absolute Gasteiger partial charge is 0.335 e. The van der Waals surface area contributed by atoms with Crippen LogP contribution in [0.1, 0.15) is 46.0 Å². The molecule has 1 aliphatic carbocycles. The van der Waals surface area contributed by atoms with Crippen molar-refractivity contribution < 1.29 is 4.79 Å². The van der Waals surface area contributed by atoms with Gasteiger partial charge in [0.05, 0.1) is 0 Å². The third-order valence-corrected chi connectivity index (χ3v) is 4.28. The van der Waals surface area contributed by atoms with E-state index in [9.17, 15) is 4.79 Å². The zero-order valence-electron chi connectivity index (χ0n) is 11.7. The number of nitrogens with one attached hydrogen (secondary N) is 2. The topological polar surface area (TPSA) is 44.4 Å². The van der Waals surface area contributed by atoms with Crippen LogP contribution < -0.4 is 10.6 Å². The van der Waals surface area contributed by atoms with Crippen LogP contribution in [-0.2, 0) is 0 Å². The number of rotatable bonds is 4. The quantitative estimate of drug-likeness (QED) is 0.804. The first kappa shape index (κ1) is 13.7. The third-order valence-electron chi connectivity index (χ3n) is 4.28. The Morgan fingerprint density at radius 1 is 1.33 bits per heavy atom. The molecule has 0 bridgehead atoms. The summed E-state index contributed by atoms with van der Waals surface area (Å²) in [6.45, 7) is 7.31. The zero-order chi connectivity index (χ0) is 13.0. The van der Waals surface area contributed by atoms with Crippen LogP contribution in [0.4, 0.5) is 4.79 Å². The van der Waals surface area contributed by atoms with Gasteiger partial charge in [-0.25, -0.2) is 4.79 Å². The third kappa shape index (κ3) is 3.37. The summed E-state index contributed by atoms with van der Waals surface area (Å²) in [5.41, 5.74) is 0. The van der Waals surface area contributed by atoms with Crippen molar-refractivity contribution in [1.29, 1.82) is 0 Å². The normalized spacial score (nSPS) is 28.9. The van der Waals surface area contributed by atoms with Gasteiger partial charge in [-0.05, 0) is 44.6 Å². The Morgan fingerprint density at radius 3 is 2.67 bits per heavy atom. The summed E-state index contributed by atoms with van der Waals surface area (Å²) in [5, 5.41) is 6.72. The summed E-state index contributed by atoms with van der Waals surface area (Å²) in [6.07, 6.45) is 5.85. The average molecular weight is 253 g/mol. The maximum atomic E-state index is 12.1. The Kier molecular flexibility index (Phi) is 4.87. The van der Waals surface area contributed by atoms with Crippen molar-refractivity contribution >= 4 is 6.03 Å². The number of hydrogen-bond donors (Lipinski definition) is 2. The van der Waals surface area contributed by atoms with E-state index in [-0.39, 0.29) is 6.03 Å². The van der Waals surface area contributed by atoms with Crippen molar-refractivity contribution in [2.45, 2.75) is 58.0 Å². The lowest BCUT2D eigenvalue weighted by molar-refractivity contribution is 0.143. The minimum atomic E-state index is 0.153. The molecule has 2 N–H and O–H groups in total. The predicted molar refractivity (Wildman–Crippen MR) is 73.6 cm³/mol. The molecule has 4 nitrogen and oxygen atoms in total. The van der Waals surface area contributed by atoms with Crippen LogP contribution in [-0.4, -0.2) is 42.6 Å². The van der Waals surface area contributed by atoms with Crippen LogP contribution in [0.5, 0.6) is 0 Å². The minimum Gasteiger partial charge on any atom is -0.335 e. The number of hydrogen-bond acceptors (Lipinski definition) is 2. The SMILES string of the molecule is CCCNC1CCN(C(=O)NC2CCC2)CC1C. The van der Waals surface area contributed by atoms with Crippen LogP contribution in [0.15, 0.2) is 0 Å². The van der Waals surface area contributed by atoms with Crippen molar-refractivity contribution in [3.8, 4) is 0 Å². The maximum absolute atomic E-state index is 12.1. The molecule has 2 amide bonds. The Morgan fingerprint density at radius 2 is 2.11 bits per heavy atom. The molecule has 2 aliphatic rings. The first-order valence-corrected chi connectivity index (χ1v) is 7.49. The van der Waals surface area contributed by atoms with Gasteiger partial charge in [0.2, 0.25) is 0 Å². The van der Waals surface area contributed by atoms with Gasteiger partial charge >= 0.3 is 6.03 Å². The van der Waals surface area contributed by atoms with E-state index in [1.54, 1.807) is 0 Å². The molecule has 18 heavy (non-hydrogen) atoms. The molecular weight excluding hydrogens is 226 g/mol. The van der Waals surface area contributed by atoms with Crippen LogP contribution >= 0.6 is 0 Å². The number of amides is 2. The minimum absolute atomic E-state index is 0.153. The van der Waals surface area contributed by atoms with E-state index in [1.807, 2.05) is 4.90 Å². The average Bonchev–Trinajstić information content (AvgIpc) is 2.32. The second kappa shape index (κ2) is 6.41. The molecule has 1 saturated carbocycles. The highest BCUT2D eigenvalue weighted by molar-refractivity contribution is 5.74. The van der Waals surface area contributed by atoms with Crippen molar-refractivity contribution in [3.05, 3.63) is 0 Å². The molecule has 0 radical (unpaired) electrons. The molecule has 0 aromatic rings. The van der Waals surface area contributed by atoms with Crippen LogP contribution in [0.25, 0.3) is 0 Å². The number of nitrogens with zero attached hydrogens (tertiary/aromatic N) is 1. The molecule has 0 aromatic carbocycles. The lowest BCUT2D eigenvalue weighted by Crippen LogP contribution is -2.54. The standard InChI is InChI=1S/C14H27N3O/c1-3-8-15-13-7-9-17(10-11(13)2)14(18)16-12-5-4-6-12/h11-13,15H,3-10H2,1-2H3,(H,16,18). The van der Waals surface area contributed by atoms with Crippen molar-refractivity contribution in [2.24, 2.45) is 5.92 Å². The maximum Gasteiger partial charge on any atom is 0.317 e. The van der Waals surface area contributed by atoms with Gasteiger partial charge < -0.3 is 15.5 Å². The van der Waals surface area contributed by atoms with E-state index in [0.717, 1.165) is 38.9 Å². The molecule has 1 aliphatic heterocycles. The first-order chi connectivity index (χ1) is 8.70. The fraction of sp³-hybridized carbons (Fsp3) is 0.929. The van der Waals surface area contributed by atoms with E-state index < -0.39 is 0 Å². The Balaban J connectivity index is 1.74. The number of likely N-dealkylation sites (tertiary alicyclic amines) is 1. The molecule has 0 spiro atoms. The van der Waals surface area contributed by atoms with Gasteiger partial charge in [0, 0.05) is 25.2 Å². The molecule has 2 fully saturated rings. The molecule has 2 atom stereocenters. The highest BCUT2D eigenvalue weighted by Gasteiger charge is 2.29. The Hall–Kier alpha value is -0.770.